The Morgan fingerprint density at radius 2 is 2.12 bits per heavy atom. The number of rotatable bonds is 2. The van der Waals surface area contributed by atoms with Gasteiger partial charge in [-0.05, 0) is 18.8 Å². The monoisotopic (exact) mass is 264 g/mol. The lowest BCUT2D eigenvalue weighted by Gasteiger charge is -2.31. The molecule has 6 heteroatoms. The lowest BCUT2D eigenvalue weighted by molar-refractivity contribution is -0.0635. The lowest BCUT2D eigenvalue weighted by atomic mass is 9.82. The molecule has 1 fully saturated rings. The second-order valence-electron chi connectivity index (χ2n) is 4.64. The van der Waals surface area contributed by atoms with Crippen LogP contribution in [0.4, 0.5) is 8.78 Å². The molecule has 3 nitrogen and oxygen atoms in total. The van der Waals surface area contributed by atoms with Crippen molar-refractivity contribution in [2.24, 2.45) is 13.0 Å². The Bertz CT molecular complexity index is 379. The van der Waals surface area contributed by atoms with Crippen LogP contribution in [0.25, 0.3) is 0 Å². The van der Waals surface area contributed by atoms with E-state index in [1.807, 2.05) is 0 Å². The molecule has 1 aliphatic rings. The maximum Gasteiger partial charge on any atom is 0.248 e. The molecule has 17 heavy (non-hydrogen) atoms. The molecule has 0 saturated heterocycles. The molecular formula is C11H15ClF2N2O. The third kappa shape index (κ3) is 2.60. The van der Waals surface area contributed by atoms with Crippen molar-refractivity contribution in [3.63, 3.8) is 0 Å². The van der Waals surface area contributed by atoms with Gasteiger partial charge in [-0.1, -0.05) is 11.6 Å². The van der Waals surface area contributed by atoms with Gasteiger partial charge in [0, 0.05) is 19.9 Å². The fourth-order valence-electron chi connectivity index (χ4n) is 2.35. The summed E-state index contributed by atoms with van der Waals surface area (Å²) in [7, 11) is 1.68. The highest BCUT2D eigenvalue weighted by molar-refractivity contribution is 6.31. The quantitative estimate of drug-likeness (QED) is 0.892. The molecule has 96 valence electrons. The second kappa shape index (κ2) is 4.53. The average molecular weight is 265 g/mol. The van der Waals surface area contributed by atoms with Crippen molar-refractivity contribution in [1.29, 1.82) is 0 Å². The molecule has 1 unspecified atom stereocenters. The van der Waals surface area contributed by atoms with Gasteiger partial charge in [0.15, 0.2) is 0 Å². The molecule has 1 aliphatic carbocycles. The number of aliphatic hydroxyl groups is 1. The van der Waals surface area contributed by atoms with Gasteiger partial charge in [-0.2, -0.15) is 5.10 Å². The van der Waals surface area contributed by atoms with Crippen LogP contribution in [0.1, 0.15) is 37.5 Å². The maximum atomic E-state index is 13.0. The van der Waals surface area contributed by atoms with E-state index in [1.54, 1.807) is 7.05 Å². The summed E-state index contributed by atoms with van der Waals surface area (Å²) in [5.41, 5.74) is 0.516. The molecule has 1 heterocycles. The molecule has 1 saturated carbocycles. The van der Waals surface area contributed by atoms with E-state index in [0.717, 1.165) is 0 Å². The Kier molecular flexibility index (Phi) is 3.41. The molecule has 1 N–H and O–H groups in total. The first-order valence-corrected chi connectivity index (χ1v) is 6.02. The number of aliphatic hydroxyl groups excluding tert-OH is 1. The fraction of sp³-hybridized carbons (Fsp3) is 0.727. The summed E-state index contributed by atoms with van der Waals surface area (Å²) in [4.78, 5) is 0. The Labute approximate surface area is 103 Å². The minimum Gasteiger partial charge on any atom is -0.386 e. The third-order valence-electron chi connectivity index (χ3n) is 3.43. The molecule has 1 aromatic heterocycles. The van der Waals surface area contributed by atoms with Gasteiger partial charge in [0.25, 0.3) is 0 Å². The SMILES string of the molecule is Cn1ncc(Cl)c1C(O)C1CCC(F)(F)CC1. The standard InChI is InChI=1S/C11H15ClF2N2O/c1-16-9(8(12)6-15-16)10(17)7-2-4-11(13,14)5-3-7/h6-7,10,17H,2-5H2,1H3. The van der Waals surface area contributed by atoms with Crippen LogP contribution in [0.5, 0.6) is 0 Å². The van der Waals surface area contributed by atoms with Crippen LogP contribution >= 0.6 is 11.6 Å². The number of halogens is 3. The summed E-state index contributed by atoms with van der Waals surface area (Å²) < 4.78 is 27.5. The molecule has 0 aliphatic heterocycles. The van der Waals surface area contributed by atoms with Crippen molar-refractivity contribution in [3.05, 3.63) is 16.9 Å². The number of hydrogen-bond acceptors (Lipinski definition) is 2. The maximum absolute atomic E-state index is 13.0. The minimum atomic E-state index is -2.58. The van der Waals surface area contributed by atoms with Gasteiger partial charge in [0.2, 0.25) is 5.92 Å². The number of nitrogens with zero attached hydrogens (tertiary/aromatic N) is 2. The molecule has 0 bridgehead atoms. The van der Waals surface area contributed by atoms with Gasteiger partial charge in [0.1, 0.15) is 0 Å². The molecule has 0 spiro atoms. The largest absolute Gasteiger partial charge is 0.386 e. The highest BCUT2D eigenvalue weighted by atomic mass is 35.5. The van der Waals surface area contributed by atoms with E-state index < -0.39 is 12.0 Å². The first-order valence-electron chi connectivity index (χ1n) is 5.64. The predicted molar refractivity (Wildman–Crippen MR) is 60.1 cm³/mol. The number of hydrogen-bond donors (Lipinski definition) is 1. The summed E-state index contributed by atoms with van der Waals surface area (Å²) in [5, 5.41) is 14.5. The molecular weight excluding hydrogens is 250 g/mol. The molecule has 0 aromatic carbocycles. The zero-order valence-corrected chi connectivity index (χ0v) is 10.3. The summed E-state index contributed by atoms with van der Waals surface area (Å²) in [6.45, 7) is 0. The first kappa shape index (κ1) is 12.8. The zero-order valence-electron chi connectivity index (χ0n) is 9.54. The van der Waals surface area contributed by atoms with E-state index in [2.05, 4.69) is 5.10 Å². The lowest BCUT2D eigenvalue weighted by Crippen LogP contribution is -2.28. The van der Waals surface area contributed by atoms with Crippen molar-refractivity contribution in [2.75, 3.05) is 0 Å². The van der Waals surface area contributed by atoms with Gasteiger partial charge in [0.05, 0.1) is 23.0 Å². The van der Waals surface area contributed by atoms with Gasteiger partial charge in [-0.3, -0.25) is 4.68 Å². The Balaban J connectivity index is 2.09. The minimum absolute atomic E-state index is 0.163. The van der Waals surface area contributed by atoms with Crippen molar-refractivity contribution < 1.29 is 13.9 Å². The van der Waals surface area contributed by atoms with Crippen LogP contribution in [-0.4, -0.2) is 20.8 Å². The van der Waals surface area contributed by atoms with Gasteiger partial charge < -0.3 is 5.11 Å². The number of alkyl halides is 2. The summed E-state index contributed by atoms with van der Waals surface area (Å²) >= 11 is 5.92. The highest BCUT2D eigenvalue weighted by Crippen LogP contribution is 2.42. The fourth-order valence-corrected chi connectivity index (χ4v) is 2.63. The topological polar surface area (TPSA) is 38.0 Å². The second-order valence-corrected chi connectivity index (χ2v) is 5.05. The van der Waals surface area contributed by atoms with Gasteiger partial charge in [-0.15, -0.1) is 0 Å². The van der Waals surface area contributed by atoms with E-state index in [0.29, 0.717) is 23.6 Å². The molecule has 2 rings (SSSR count). The Hall–Kier alpha value is -0.680. The Morgan fingerprint density at radius 1 is 1.53 bits per heavy atom. The van der Waals surface area contributed by atoms with Crippen molar-refractivity contribution >= 4 is 11.6 Å². The number of aryl methyl sites for hydroxylation is 1. The van der Waals surface area contributed by atoms with E-state index in [9.17, 15) is 13.9 Å². The van der Waals surface area contributed by atoms with Crippen LogP contribution < -0.4 is 0 Å². The normalized spacial score (nSPS) is 22.6. The van der Waals surface area contributed by atoms with E-state index in [1.165, 1.54) is 10.9 Å². The number of aromatic nitrogens is 2. The van der Waals surface area contributed by atoms with E-state index >= 15 is 0 Å². The average Bonchev–Trinajstić information content (AvgIpc) is 2.58. The summed E-state index contributed by atoms with van der Waals surface area (Å²) in [5.74, 6) is -2.74. The first-order chi connectivity index (χ1) is 7.91. The van der Waals surface area contributed by atoms with Crippen molar-refractivity contribution in [1.82, 2.24) is 9.78 Å². The van der Waals surface area contributed by atoms with Crippen LogP contribution in [0.2, 0.25) is 5.02 Å². The highest BCUT2D eigenvalue weighted by Gasteiger charge is 2.38. The van der Waals surface area contributed by atoms with Crippen LogP contribution in [0.3, 0.4) is 0 Å². The third-order valence-corrected chi connectivity index (χ3v) is 3.72. The smallest absolute Gasteiger partial charge is 0.248 e. The van der Waals surface area contributed by atoms with Crippen LogP contribution in [-0.2, 0) is 7.05 Å². The van der Waals surface area contributed by atoms with Gasteiger partial charge in [-0.25, -0.2) is 8.78 Å². The molecule has 0 radical (unpaired) electrons. The van der Waals surface area contributed by atoms with Gasteiger partial charge >= 0.3 is 0 Å². The van der Waals surface area contributed by atoms with Crippen LogP contribution in [0.15, 0.2) is 6.20 Å². The predicted octanol–water partition coefficient (Wildman–Crippen LogP) is 2.93. The molecule has 1 atom stereocenters. The zero-order chi connectivity index (χ0) is 12.6. The molecule has 1 aromatic rings. The van der Waals surface area contributed by atoms with E-state index in [-0.39, 0.29) is 18.8 Å². The van der Waals surface area contributed by atoms with Crippen LogP contribution in [0, 0.1) is 5.92 Å². The summed E-state index contributed by atoms with van der Waals surface area (Å²) in [6.07, 6.45) is 0.947. The van der Waals surface area contributed by atoms with Crippen molar-refractivity contribution in [3.8, 4) is 0 Å². The molecule has 0 amide bonds. The van der Waals surface area contributed by atoms with Crippen molar-refractivity contribution in [2.45, 2.75) is 37.7 Å². The Morgan fingerprint density at radius 3 is 2.59 bits per heavy atom. The summed E-state index contributed by atoms with van der Waals surface area (Å²) in [6, 6.07) is 0. The van der Waals surface area contributed by atoms with E-state index in [4.69, 9.17) is 11.6 Å².